The summed E-state index contributed by atoms with van der Waals surface area (Å²) in [5.74, 6) is -0.250. The number of nitrogens with zero attached hydrogens (tertiary/aromatic N) is 1. The Morgan fingerprint density at radius 3 is 2.96 bits per heavy atom. The van der Waals surface area contributed by atoms with Gasteiger partial charge in [0.1, 0.15) is 6.04 Å². The number of hydrogen-bond donors (Lipinski definition) is 2. The molecule has 0 saturated carbocycles. The summed E-state index contributed by atoms with van der Waals surface area (Å²) in [6, 6.07) is 3.40. The summed E-state index contributed by atoms with van der Waals surface area (Å²) in [5, 5.41) is 7.67. The molecule has 1 spiro atoms. The van der Waals surface area contributed by atoms with Crippen molar-refractivity contribution in [2.75, 3.05) is 13.1 Å². The number of carbonyl (C=O) groups is 3. The lowest BCUT2D eigenvalue weighted by molar-refractivity contribution is -0.134. The van der Waals surface area contributed by atoms with E-state index in [-0.39, 0.29) is 23.6 Å². The fourth-order valence-corrected chi connectivity index (χ4v) is 4.14. The molecule has 130 valence electrons. The lowest BCUT2D eigenvalue weighted by Gasteiger charge is -2.22. The maximum absolute atomic E-state index is 12.5. The van der Waals surface area contributed by atoms with Crippen LogP contribution in [0, 0.1) is 11.3 Å². The van der Waals surface area contributed by atoms with Crippen LogP contribution in [0.4, 0.5) is 0 Å². The van der Waals surface area contributed by atoms with Gasteiger partial charge in [0.15, 0.2) is 0 Å². The Kier molecular flexibility index (Phi) is 4.62. The zero-order valence-electron chi connectivity index (χ0n) is 14.0. The van der Waals surface area contributed by atoms with Gasteiger partial charge in [-0.1, -0.05) is 19.9 Å². The molecule has 6 nitrogen and oxygen atoms in total. The lowest BCUT2D eigenvalue weighted by Crippen LogP contribution is -2.41. The first-order chi connectivity index (χ1) is 11.4. The highest BCUT2D eigenvalue weighted by atomic mass is 32.1. The predicted octanol–water partition coefficient (Wildman–Crippen LogP) is 1.13. The summed E-state index contributed by atoms with van der Waals surface area (Å²) in [4.78, 5) is 39.8. The number of carbonyl (C=O) groups excluding carboxylic acids is 3. The van der Waals surface area contributed by atoms with Crippen LogP contribution in [-0.4, -0.2) is 41.8 Å². The van der Waals surface area contributed by atoms with E-state index in [2.05, 4.69) is 10.6 Å². The molecular formula is C17H23N3O3S. The van der Waals surface area contributed by atoms with Gasteiger partial charge >= 0.3 is 0 Å². The zero-order valence-corrected chi connectivity index (χ0v) is 14.8. The summed E-state index contributed by atoms with van der Waals surface area (Å²) in [7, 11) is 0. The van der Waals surface area contributed by atoms with Crippen molar-refractivity contribution in [1.29, 1.82) is 0 Å². The van der Waals surface area contributed by atoms with Gasteiger partial charge in [-0.15, -0.1) is 11.3 Å². The van der Waals surface area contributed by atoms with Gasteiger partial charge in [0.05, 0.1) is 12.0 Å². The number of likely N-dealkylation sites (tertiary alicyclic amines) is 1. The minimum absolute atomic E-state index is 0.0743. The van der Waals surface area contributed by atoms with Crippen molar-refractivity contribution in [3.63, 3.8) is 0 Å². The van der Waals surface area contributed by atoms with Gasteiger partial charge in [0.25, 0.3) is 0 Å². The molecule has 1 aromatic rings. The number of rotatable bonds is 4. The molecule has 0 aliphatic carbocycles. The van der Waals surface area contributed by atoms with Gasteiger partial charge in [-0.05, 0) is 24.3 Å². The number of thiophene rings is 1. The molecule has 0 radical (unpaired) electrons. The second kappa shape index (κ2) is 6.55. The predicted molar refractivity (Wildman–Crippen MR) is 91.2 cm³/mol. The highest BCUT2D eigenvalue weighted by molar-refractivity contribution is 7.09. The zero-order chi connectivity index (χ0) is 17.3. The molecule has 1 aromatic heterocycles. The third kappa shape index (κ3) is 3.17. The molecule has 7 heteroatoms. The average Bonchev–Trinajstić information content (AvgIpc) is 3.27. The summed E-state index contributed by atoms with van der Waals surface area (Å²) in [6.45, 7) is 5.22. The minimum atomic E-state index is -0.602. The van der Waals surface area contributed by atoms with Gasteiger partial charge < -0.3 is 15.5 Å². The van der Waals surface area contributed by atoms with Crippen LogP contribution in [-0.2, 0) is 20.9 Å². The van der Waals surface area contributed by atoms with Crippen LogP contribution in [0.3, 0.4) is 0 Å². The standard InChI is InChI=1S/C17H23N3O3S/c1-11(2)15(22)20-6-5-17(10-20)8-13(19-16(17)23)14(21)18-9-12-4-3-7-24-12/h3-4,7,11,13H,5-6,8-10H2,1-2H3,(H,18,21)(H,19,23)/t13-,17-/m0/s1. The first kappa shape index (κ1) is 17.0. The van der Waals surface area contributed by atoms with Crippen molar-refractivity contribution >= 4 is 29.1 Å². The normalized spacial score (nSPS) is 26.2. The number of hydrogen-bond acceptors (Lipinski definition) is 4. The van der Waals surface area contributed by atoms with Crippen LogP contribution >= 0.6 is 11.3 Å². The molecule has 2 atom stereocenters. The summed E-state index contributed by atoms with van der Waals surface area (Å²) in [6.07, 6.45) is 1.09. The van der Waals surface area contributed by atoms with Gasteiger partial charge in [0.2, 0.25) is 17.7 Å². The Balaban J connectivity index is 1.59. The van der Waals surface area contributed by atoms with E-state index in [0.717, 1.165) is 4.88 Å². The van der Waals surface area contributed by atoms with E-state index in [0.29, 0.717) is 32.5 Å². The Hall–Kier alpha value is -1.89. The van der Waals surface area contributed by atoms with Crippen molar-refractivity contribution in [2.45, 2.75) is 39.3 Å². The molecule has 3 rings (SSSR count). The molecule has 2 saturated heterocycles. The molecule has 0 bridgehead atoms. The largest absolute Gasteiger partial charge is 0.349 e. The van der Waals surface area contributed by atoms with E-state index < -0.39 is 11.5 Å². The maximum Gasteiger partial charge on any atom is 0.242 e. The van der Waals surface area contributed by atoms with E-state index >= 15 is 0 Å². The quantitative estimate of drug-likeness (QED) is 0.855. The lowest BCUT2D eigenvalue weighted by atomic mass is 9.84. The van der Waals surface area contributed by atoms with Crippen molar-refractivity contribution in [3.05, 3.63) is 22.4 Å². The third-order valence-corrected chi connectivity index (χ3v) is 5.75. The van der Waals surface area contributed by atoms with Gasteiger partial charge in [-0.2, -0.15) is 0 Å². The van der Waals surface area contributed by atoms with Crippen molar-refractivity contribution in [3.8, 4) is 0 Å². The van der Waals surface area contributed by atoms with E-state index in [1.165, 1.54) is 0 Å². The Bertz CT molecular complexity index is 644. The monoisotopic (exact) mass is 349 g/mol. The summed E-state index contributed by atoms with van der Waals surface area (Å²) < 4.78 is 0. The average molecular weight is 349 g/mol. The molecule has 3 amide bonds. The molecule has 2 fully saturated rings. The first-order valence-corrected chi connectivity index (χ1v) is 9.19. The van der Waals surface area contributed by atoms with Crippen molar-refractivity contribution in [1.82, 2.24) is 15.5 Å². The Labute approximate surface area is 145 Å². The van der Waals surface area contributed by atoms with Crippen molar-refractivity contribution in [2.24, 2.45) is 11.3 Å². The van der Waals surface area contributed by atoms with Crippen LogP contribution in [0.5, 0.6) is 0 Å². The molecule has 0 unspecified atom stereocenters. The van der Waals surface area contributed by atoms with E-state index in [4.69, 9.17) is 0 Å². The number of nitrogens with one attached hydrogen (secondary N) is 2. The highest BCUT2D eigenvalue weighted by Crippen LogP contribution is 2.40. The molecule has 2 N–H and O–H groups in total. The van der Waals surface area contributed by atoms with E-state index in [1.54, 1.807) is 16.2 Å². The summed E-state index contributed by atoms with van der Waals surface area (Å²) >= 11 is 1.59. The van der Waals surface area contributed by atoms with E-state index in [1.807, 2.05) is 31.4 Å². The molecular weight excluding hydrogens is 326 g/mol. The number of amides is 3. The van der Waals surface area contributed by atoms with Crippen LogP contribution in [0.25, 0.3) is 0 Å². The molecule has 0 aromatic carbocycles. The Morgan fingerprint density at radius 1 is 1.50 bits per heavy atom. The molecule has 24 heavy (non-hydrogen) atoms. The van der Waals surface area contributed by atoms with Crippen LogP contribution < -0.4 is 10.6 Å². The van der Waals surface area contributed by atoms with Gasteiger partial charge in [0, 0.05) is 23.9 Å². The summed E-state index contributed by atoms with van der Waals surface area (Å²) in [5.41, 5.74) is -0.602. The minimum Gasteiger partial charge on any atom is -0.349 e. The third-order valence-electron chi connectivity index (χ3n) is 4.87. The molecule has 2 aliphatic rings. The van der Waals surface area contributed by atoms with Crippen LogP contribution in [0.15, 0.2) is 17.5 Å². The second-order valence-electron chi connectivity index (χ2n) is 6.97. The maximum atomic E-state index is 12.5. The fourth-order valence-electron chi connectivity index (χ4n) is 3.49. The Morgan fingerprint density at radius 2 is 2.29 bits per heavy atom. The van der Waals surface area contributed by atoms with Crippen LogP contribution in [0.1, 0.15) is 31.6 Å². The molecule has 3 heterocycles. The fraction of sp³-hybridized carbons (Fsp3) is 0.588. The first-order valence-electron chi connectivity index (χ1n) is 8.31. The highest BCUT2D eigenvalue weighted by Gasteiger charge is 2.53. The van der Waals surface area contributed by atoms with E-state index in [9.17, 15) is 14.4 Å². The van der Waals surface area contributed by atoms with Gasteiger partial charge in [-0.25, -0.2) is 0 Å². The second-order valence-corrected chi connectivity index (χ2v) is 8.00. The van der Waals surface area contributed by atoms with Gasteiger partial charge in [-0.3, -0.25) is 14.4 Å². The topological polar surface area (TPSA) is 78.5 Å². The smallest absolute Gasteiger partial charge is 0.242 e. The molecule has 2 aliphatic heterocycles. The van der Waals surface area contributed by atoms with Crippen molar-refractivity contribution < 1.29 is 14.4 Å². The SMILES string of the molecule is CC(C)C(=O)N1CC[C@]2(C[C@@H](C(=O)NCc3cccs3)NC2=O)C1. The van der Waals surface area contributed by atoms with Crippen LogP contribution in [0.2, 0.25) is 0 Å².